The summed E-state index contributed by atoms with van der Waals surface area (Å²) in [5.74, 6) is 0. The van der Waals surface area contributed by atoms with Crippen molar-refractivity contribution in [1.82, 2.24) is 10.2 Å². The van der Waals surface area contributed by atoms with Crippen LogP contribution in [-0.2, 0) is 0 Å². The molecule has 1 aromatic carbocycles. The summed E-state index contributed by atoms with van der Waals surface area (Å²) in [5, 5.41) is 21.2. The first-order valence-electron chi connectivity index (χ1n) is 5.51. The van der Waals surface area contributed by atoms with Crippen LogP contribution < -0.4 is 5.32 Å². The Labute approximate surface area is 124 Å². The number of nitrogens with zero attached hydrogens (tertiary/aromatic N) is 3. The second-order valence-corrected chi connectivity index (χ2v) is 6.82. The molecule has 0 saturated heterocycles. The van der Waals surface area contributed by atoms with Gasteiger partial charge in [-0.15, -0.1) is 10.2 Å². The van der Waals surface area contributed by atoms with Gasteiger partial charge >= 0.3 is 0 Å². The summed E-state index contributed by atoms with van der Waals surface area (Å²) in [6, 6.07) is 7.88. The average Bonchev–Trinajstić information content (AvgIpc) is 2.81. The van der Waals surface area contributed by atoms with Crippen molar-refractivity contribution in [2.24, 2.45) is 0 Å². The number of halogens is 1. The highest BCUT2D eigenvalue weighted by molar-refractivity contribution is 8.01. The van der Waals surface area contributed by atoms with Gasteiger partial charge in [-0.1, -0.05) is 40.8 Å². The number of nitriles is 1. The van der Waals surface area contributed by atoms with Crippen molar-refractivity contribution in [2.45, 2.75) is 23.4 Å². The fourth-order valence-corrected chi connectivity index (χ4v) is 3.26. The number of aromatic nitrogens is 2. The summed E-state index contributed by atoms with van der Waals surface area (Å²) < 4.78 is 0.773. The maximum absolute atomic E-state index is 8.75. The monoisotopic (exact) mass is 310 g/mol. The first-order valence-corrected chi connectivity index (χ1v) is 7.59. The molecule has 1 heterocycles. The highest BCUT2D eigenvalue weighted by Gasteiger charge is 2.09. The zero-order valence-corrected chi connectivity index (χ0v) is 12.7. The Balaban J connectivity index is 2.07. The third kappa shape index (κ3) is 3.83. The Hall–Kier alpha value is -1.29. The van der Waals surface area contributed by atoms with Crippen LogP contribution in [0.5, 0.6) is 0 Å². The zero-order valence-electron chi connectivity index (χ0n) is 10.3. The molecule has 4 nitrogen and oxygen atoms in total. The smallest absolute Gasteiger partial charge is 0.210 e. The summed E-state index contributed by atoms with van der Waals surface area (Å²) in [4.78, 5) is 0. The van der Waals surface area contributed by atoms with Crippen LogP contribution in [0.2, 0.25) is 5.02 Å². The highest BCUT2D eigenvalue weighted by atomic mass is 35.5. The second-order valence-electron chi connectivity index (χ2n) is 3.85. The molecule has 98 valence electrons. The normalized spacial score (nSPS) is 11.9. The quantitative estimate of drug-likeness (QED) is 0.855. The van der Waals surface area contributed by atoms with Gasteiger partial charge in [0.25, 0.3) is 0 Å². The van der Waals surface area contributed by atoms with Crippen LogP contribution in [0.15, 0.2) is 22.5 Å². The number of aryl methyl sites for hydroxylation is 1. The highest BCUT2D eigenvalue weighted by Crippen LogP contribution is 2.30. The zero-order chi connectivity index (χ0) is 13.8. The minimum Gasteiger partial charge on any atom is -0.330 e. The predicted octanol–water partition coefficient (Wildman–Crippen LogP) is 4.25. The number of nitrogens with one attached hydrogen (secondary N) is 1. The van der Waals surface area contributed by atoms with Crippen molar-refractivity contribution >= 4 is 45.5 Å². The molecule has 2 aromatic rings. The lowest BCUT2D eigenvalue weighted by molar-refractivity contribution is 1.01. The van der Waals surface area contributed by atoms with Crippen molar-refractivity contribution in [3.63, 3.8) is 0 Å². The lowest BCUT2D eigenvalue weighted by atomic mass is 10.2. The summed E-state index contributed by atoms with van der Waals surface area (Å²) in [6.07, 6.45) is 0. The first-order chi connectivity index (χ1) is 9.08. The summed E-state index contributed by atoms with van der Waals surface area (Å²) >= 11 is 8.88. The molecule has 7 heteroatoms. The van der Waals surface area contributed by atoms with Crippen molar-refractivity contribution in [3.8, 4) is 6.07 Å². The van der Waals surface area contributed by atoms with E-state index in [0.717, 1.165) is 15.6 Å². The largest absolute Gasteiger partial charge is 0.330 e. The van der Waals surface area contributed by atoms with Crippen molar-refractivity contribution in [2.75, 3.05) is 5.32 Å². The maximum Gasteiger partial charge on any atom is 0.210 e. The average molecular weight is 311 g/mol. The number of thioether (sulfide) groups is 1. The third-order valence-electron chi connectivity index (χ3n) is 2.29. The van der Waals surface area contributed by atoms with E-state index in [4.69, 9.17) is 16.9 Å². The standard InChI is InChI=1S/C12H11ClN4S2/c1-7-3-4-9(5-10(7)13)15-11-16-17-12(19-11)18-8(2)6-14/h3-5,8H,1-2H3,(H,15,16)/t8-/m1/s1. The SMILES string of the molecule is Cc1ccc(Nc2nnc(S[C@H](C)C#N)s2)cc1Cl. The minimum absolute atomic E-state index is 0.130. The Bertz CT molecular complexity index is 620. The number of anilines is 2. The molecule has 0 aliphatic carbocycles. The fourth-order valence-electron chi connectivity index (χ4n) is 1.28. The van der Waals surface area contributed by atoms with Gasteiger partial charge in [-0.25, -0.2) is 0 Å². The van der Waals surface area contributed by atoms with Gasteiger partial charge in [0.05, 0.1) is 11.3 Å². The van der Waals surface area contributed by atoms with Gasteiger partial charge in [-0.2, -0.15) is 5.26 Å². The minimum atomic E-state index is -0.130. The molecular formula is C12H11ClN4S2. The molecule has 1 aromatic heterocycles. The predicted molar refractivity (Wildman–Crippen MR) is 80.3 cm³/mol. The van der Waals surface area contributed by atoms with Crippen LogP contribution in [0.1, 0.15) is 12.5 Å². The van der Waals surface area contributed by atoms with Gasteiger partial charge in [-0.3, -0.25) is 0 Å². The summed E-state index contributed by atoms with van der Waals surface area (Å²) in [6.45, 7) is 3.79. The van der Waals surface area contributed by atoms with E-state index >= 15 is 0 Å². The van der Waals surface area contributed by atoms with Crippen LogP contribution in [0, 0.1) is 18.3 Å². The molecule has 0 bridgehead atoms. The van der Waals surface area contributed by atoms with Crippen molar-refractivity contribution in [1.29, 1.82) is 5.26 Å². The molecule has 2 rings (SSSR count). The van der Waals surface area contributed by atoms with E-state index in [9.17, 15) is 0 Å². The van der Waals surface area contributed by atoms with E-state index in [2.05, 4.69) is 21.6 Å². The Morgan fingerprint density at radius 3 is 2.95 bits per heavy atom. The molecule has 0 radical (unpaired) electrons. The number of hydrogen-bond acceptors (Lipinski definition) is 6. The number of hydrogen-bond donors (Lipinski definition) is 1. The van der Waals surface area contributed by atoms with Gasteiger partial charge in [0.2, 0.25) is 5.13 Å². The van der Waals surface area contributed by atoms with Crippen LogP contribution in [0.3, 0.4) is 0 Å². The van der Waals surface area contributed by atoms with Gasteiger partial charge in [-0.05, 0) is 31.5 Å². The van der Waals surface area contributed by atoms with Crippen molar-refractivity contribution in [3.05, 3.63) is 28.8 Å². The molecule has 19 heavy (non-hydrogen) atoms. The fraction of sp³-hybridized carbons (Fsp3) is 0.250. The van der Waals surface area contributed by atoms with E-state index in [1.807, 2.05) is 32.0 Å². The van der Waals surface area contributed by atoms with Gasteiger partial charge in [0.1, 0.15) is 0 Å². The molecule has 1 atom stereocenters. The van der Waals surface area contributed by atoms with Crippen LogP contribution in [-0.4, -0.2) is 15.4 Å². The van der Waals surface area contributed by atoms with E-state index in [0.29, 0.717) is 10.2 Å². The molecule has 0 aliphatic heterocycles. The van der Waals surface area contributed by atoms with E-state index in [1.165, 1.54) is 23.1 Å². The third-order valence-corrected chi connectivity index (χ3v) is 4.61. The van der Waals surface area contributed by atoms with E-state index in [-0.39, 0.29) is 5.25 Å². The molecule has 0 spiro atoms. The van der Waals surface area contributed by atoms with Crippen molar-refractivity contribution < 1.29 is 0 Å². The lowest BCUT2D eigenvalue weighted by Crippen LogP contribution is -1.89. The molecule has 1 N–H and O–H groups in total. The molecule has 0 saturated carbocycles. The molecule has 0 amide bonds. The van der Waals surface area contributed by atoms with Gasteiger partial charge in [0.15, 0.2) is 4.34 Å². The lowest BCUT2D eigenvalue weighted by Gasteiger charge is -2.03. The molecule has 0 unspecified atom stereocenters. The van der Waals surface area contributed by atoms with E-state index in [1.54, 1.807) is 0 Å². The molecular weight excluding hydrogens is 300 g/mol. The maximum atomic E-state index is 8.75. The van der Waals surface area contributed by atoms with E-state index < -0.39 is 0 Å². The Morgan fingerprint density at radius 1 is 1.47 bits per heavy atom. The van der Waals surface area contributed by atoms with Crippen LogP contribution in [0.4, 0.5) is 10.8 Å². The topological polar surface area (TPSA) is 61.6 Å². The van der Waals surface area contributed by atoms with Gasteiger partial charge in [0, 0.05) is 10.7 Å². The molecule has 0 fully saturated rings. The van der Waals surface area contributed by atoms with Crippen LogP contribution >= 0.6 is 34.7 Å². The summed E-state index contributed by atoms with van der Waals surface area (Å²) in [7, 11) is 0. The first kappa shape index (κ1) is 14.1. The number of rotatable bonds is 4. The Morgan fingerprint density at radius 2 is 2.26 bits per heavy atom. The summed E-state index contributed by atoms with van der Waals surface area (Å²) in [5.41, 5.74) is 1.90. The molecule has 0 aliphatic rings. The number of benzene rings is 1. The Kier molecular flexibility index (Phi) is 4.64. The van der Waals surface area contributed by atoms with Gasteiger partial charge < -0.3 is 5.32 Å². The second kappa shape index (κ2) is 6.24. The van der Waals surface area contributed by atoms with Crippen LogP contribution in [0.25, 0.3) is 0 Å².